The zero-order chi connectivity index (χ0) is 16.1. The Hall–Kier alpha value is -2.22. The van der Waals surface area contributed by atoms with E-state index in [0.717, 1.165) is 5.56 Å². The molecule has 0 radical (unpaired) electrons. The van der Waals surface area contributed by atoms with Gasteiger partial charge in [0.2, 0.25) is 0 Å². The second-order valence-electron chi connectivity index (χ2n) is 5.85. The largest absolute Gasteiger partial charge is 0.481 e. The molecule has 4 nitrogen and oxygen atoms in total. The van der Waals surface area contributed by atoms with Crippen molar-refractivity contribution in [2.24, 2.45) is 11.8 Å². The molecular weight excluding hydrogens is 285 g/mol. The lowest BCUT2D eigenvalue weighted by molar-refractivity contribution is -0.142. The number of nitrogens with zero attached hydrogens (tertiary/aromatic N) is 1. The maximum Gasteiger partial charge on any atom is 0.307 e. The Morgan fingerprint density at radius 2 is 1.95 bits per heavy atom. The standard InChI is InChI=1S/C17H18FNO3/c18-13-4-2-12(3-5-13)15-9-11(10-16(15)17(21)22)1-6-14(20)7-8-19/h2-5,11,15-16H,1,6-7,9-10H2,(H,21,22)/t11?,15-,16+/m0/s1. The zero-order valence-corrected chi connectivity index (χ0v) is 12.2. The van der Waals surface area contributed by atoms with Crippen LogP contribution >= 0.6 is 0 Å². The van der Waals surface area contributed by atoms with Crippen molar-refractivity contribution in [3.8, 4) is 6.07 Å². The van der Waals surface area contributed by atoms with Gasteiger partial charge in [0.25, 0.3) is 0 Å². The summed E-state index contributed by atoms with van der Waals surface area (Å²) in [5.41, 5.74) is 0.833. The monoisotopic (exact) mass is 303 g/mol. The first-order valence-corrected chi connectivity index (χ1v) is 7.38. The summed E-state index contributed by atoms with van der Waals surface area (Å²) in [5, 5.41) is 17.9. The second kappa shape index (κ2) is 7.17. The SMILES string of the molecule is N#CCC(=O)CCC1C[C@@H](C(=O)O)[C@H](c2ccc(F)cc2)C1. The van der Waals surface area contributed by atoms with E-state index in [9.17, 15) is 19.1 Å². The molecule has 1 aliphatic rings. The van der Waals surface area contributed by atoms with Gasteiger partial charge in [-0.3, -0.25) is 9.59 Å². The Balaban J connectivity index is 2.03. The third-order valence-electron chi connectivity index (χ3n) is 4.38. The molecule has 0 saturated heterocycles. The zero-order valence-electron chi connectivity index (χ0n) is 12.2. The van der Waals surface area contributed by atoms with Crippen molar-refractivity contribution in [3.63, 3.8) is 0 Å². The number of hydrogen-bond acceptors (Lipinski definition) is 3. The third-order valence-corrected chi connectivity index (χ3v) is 4.38. The molecule has 3 atom stereocenters. The lowest BCUT2D eigenvalue weighted by Crippen LogP contribution is -2.16. The first kappa shape index (κ1) is 16.2. The van der Waals surface area contributed by atoms with Gasteiger partial charge in [0.15, 0.2) is 0 Å². The summed E-state index contributed by atoms with van der Waals surface area (Å²) in [6.07, 6.45) is 2.05. The van der Waals surface area contributed by atoms with Gasteiger partial charge in [-0.2, -0.15) is 5.26 Å². The van der Waals surface area contributed by atoms with E-state index in [-0.39, 0.29) is 29.9 Å². The summed E-state index contributed by atoms with van der Waals surface area (Å²) >= 11 is 0. The Labute approximate surface area is 128 Å². The van der Waals surface area contributed by atoms with Gasteiger partial charge in [-0.05, 0) is 48.8 Å². The summed E-state index contributed by atoms with van der Waals surface area (Å²) in [6.45, 7) is 0. The number of carbonyl (C=O) groups excluding carboxylic acids is 1. The van der Waals surface area contributed by atoms with Crippen LogP contribution in [-0.4, -0.2) is 16.9 Å². The smallest absolute Gasteiger partial charge is 0.307 e. The summed E-state index contributed by atoms with van der Waals surface area (Å²) in [6, 6.07) is 7.80. The average Bonchev–Trinajstić information content (AvgIpc) is 2.91. The Kier molecular flexibility index (Phi) is 5.26. The van der Waals surface area contributed by atoms with Gasteiger partial charge in [0, 0.05) is 6.42 Å². The molecule has 1 unspecified atom stereocenters. The first-order valence-electron chi connectivity index (χ1n) is 7.38. The van der Waals surface area contributed by atoms with Crippen molar-refractivity contribution < 1.29 is 19.1 Å². The number of rotatable bonds is 6. The number of halogens is 1. The molecule has 5 heteroatoms. The molecule has 0 aliphatic heterocycles. The van der Waals surface area contributed by atoms with Gasteiger partial charge in [-0.15, -0.1) is 0 Å². The number of aliphatic carboxylic acids is 1. The van der Waals surface area contributed by atoms with Crippen molar-refractivity contribution in [1.29, 1.82) is 5.26 Å². The molecular formula is C17H18FNO3. The quantitative estimate of drug-likeness (QED) is 0.874. The average molecular weight is 303 g/mol. The summed E-state index contributed by atoms with van der Waals surface area (Å²) in [7, 11) is 0. The molecule has 1 saturated carbocycles. The van der Waals surface area contributed by atoms with Crippen LogP contribution in [0.25, 0.3) is 0 Å². The van der Waals surface area contributed by atoms with E-state index in [4.69, 9.17) is 5.26 Å². The Bertz CT molecular complexity index is 591. The molecule has 1 fully saturated rings. The van der Waals surface area contributed by atoms with Crippen molar-refractivity contribution in [2.45, 2.75) is 38.0 Å². The highest BCUT2D eigenvalue weighted by Gasteiger charge is 2.39. The van der Waals surface area contributed by atoms with Gasteiger partial charge in [0.05, 0.1) is 18.4 Å². The fraction of sp³-hybridized carbons (Fsp3) is 0.471. The number of ketones is 1. The van der Waals surface area contributed by atoms with E-state index >= 15 is 0 Å². The number of carboxylic acid groups (broad SMARTS) is 1. The van der Waals surface area contributed by atoms with E-state index in [2.05, 4.69) is 0 Å². The Morgan fingerprint density at radius 3 is 2.55 bits per heavy atom. The van der Waals surface area contributed by atoms with E-state index in [0.29, 0.717) is 25.7 Å². The van der Waals surface area contributed by atoms with E-state index in [1.807, 2.05) is 6.07 Å². The molecule has 0 bridgehead atoms. The van der Waals surface area contributed by atoms with Crippen molar-refractivity contribution >= 4 is 11.8 Å². The molecule has 1 aliphatic carbocycles. The molecule has 0 heterocycles. The minimum atomic E-state index is -0.847. The van der Waals surface area contributed by atoms with Crippen LogP contribution in [0.5, 0.6) is 0 Å². The molecule has 0 amide bonds. The van der Waals surface area contributed by atoms with Crippen molar-refractivity contribution in [2.75, 3.05) is 0 Å². The van der Waals surface area contributed by atoms with Crippen molar-refractivity contribution in [3.05, 3.63) is 35.6 Å². The molecule has 0 aromatic heterocycles. The third kappa shape index (κ3) is 3.91. The number of carboxylic acids is 1. The highest BCUT2D eigenvalue weighted by molar-refractivity contribution is 5.80. The number of hydrogen-bond donors (Lipinski definition) is 1. The molecule has 1 N–H and O–H groups in total. The molecule has 1 aromatic rings. The number of nitriles is 1. The molecule has 22 heavy (non-hydrogen) atoms. The van der Waals surface area contributed by atoms with E-state index in [1.165, 1.54) is 12.1 Å². The van der Waals surface area contributed by atoms with Gasteiger partial charge in [-0.1, -0.05) is 12.1 Å². The minimum Gasteiger partial charge on any atom is -0.481 e. The highest BCUT2D eigenvalue weighted by Crippen LogP contribution is 2.45. The van der Waals surface area contributed by atoms with Crippen LogP contribution in [0.1, 0.15) is 43.6 Å². The predicted molar refractivity (Wildman–Crippen MR) is 77.5 cm³/mol. The normalized spacial score (nSPS) is 23.9. The fourth-order valence-corrected chi connectivity index (χ4v) is 3.27. The first-order chi connectivity index (χ1) is 10.5. The van der Waals surface area contributed by atoms with Crippen LogP contribution < -0.4 is 0 Å². The Morgan fingerprint density at radius 1 is 1.27 bits per heavy atom. The van der Waals surface area contributed by atoms with Crippen molar-refractivity contribution in [1.82, 2.24) is 0 Å². The minimum absolute atomic E-state index is 0.0868. The number of Topliss-reactive ketones (excluding diaryl/α,β-unsaturated/α-hetero) is 1. The molecule has 0 spiro atoms. The van der Waals surface area contributed by atoms with Gasteiger partial charge in [-0.25, -0.2) is 4.39 Å². The van der Waals surface area contributed by atoms with Crippen LogP contribution in [-0.2, 0) is 9.59 Å². The maximum absolute atomic E-state index is 13.0. The molecule has 116 valence electrons. The van der Waals surface area contributed by atoms with Crippen LogP contribution in [0.4, 0.5) is 4.39 Å². The van der Waals surface area contributed by atoms with Gasteiger partial charge in [0.1, 0.15) is 11.6 Å². The fourth-order valence-electron chi connectivity index (χ4n) is 3.27. The van der Waals surface area contributed by atoms with Crippen LogP contribution in [0.15, 0.2) is 24.3 Å². The number of carbonyl (C=O) groups is 2. The molecule has 2 rings (SSSR count). The lowest BCUT2D eigenvalue weighted by Gasteiger charge is -2.15. The van der Waals surface area contributed by atoms with E-state index < -0.39 is 11.9 Å². The van der Waals surface area contributed by atoms with Gasteiger partial charge < -0.3 is 5.11 Å². The van der Waals surface area contributed by atoms with E-state index in [1.54, 1.807) is 12.1 Å². The maximum atomic E-state index is 13.0. The summed E-state index contributed by atoms with van der Waals surface area (Å²) < 4.78 is 13.0. The topological polar surface area (TPSA) is 78.2 Å². The highest BCUT2D eigenvalue weighted by atomic mass is 19.1. The van der Waals surface area contributed by atoms with Crippen LogP contribution in [0.2, 0.25) is 0 Å². The summed E-state index contributed by atoms with van der Waals surface area (Å²) in [5.74, 6) is -1.78. The van der Waals surface area contributed by atoms with Gasteiger partial charge >= 0.3 is 5.97 Å². The predicted octanol–water partition coefficient (Wildman–Crippen LogP) is 3.28. The summed E-state index contributed by atoms with van der Waals surface area (Å²) in [4.78, 5) is 22.9. The van der Waals surface area contributed by atoms with Crippen LogP contribution in [0.3, 0.4) is 0 Å². The molecule has 1 aromatic carbocycles. The second-order valence-corrected chi connectivity index (χ2v) is 5.85. The van der Waals surface area contributed by atoms with Crippen LogP contribution in [0, 0.1) is 29.0 Å². The lowest BCUT2D eigenvalue weighted by atomic mass is 9.89. The number of benzene rings is 1.